The standard InChI is InChI=1S/C38H51N5O9S/c1-22-11-7-9-13-25-20-38(25,35(46)41-53(49,50)27-15-16-27)40-32(44)29-19-26(52-33-28-14-10-8-12-24(28)18-30(39-33)51-6)21-42(29)34(45)31(23(2)17-22)43(36(47)48)37(3,4)5/h8-10,12-14,18,22-23,25-27,29,31H,7,11,15-17,19-21H2,1-6H3,(H,40,44)(H,41,46)(H,47,48)/b13-9-/t22-,23+,25+,26+,29-,31-,38+/m0/s1. The zero-order valence-corrected chi connectivity index (χ0v) is 32.0. The Labute approximate surface area is 310 Å². The summed E-state index contributed by atoms with van der Waals surface area (Å²) in [6.45, 7) is 9.05. The predicted molar refractivity (Wildman–Crippen MR) is 197 cm³/mol. The number of sulfonamides is 1. The Morgan fingerprint density at radius 3 is 2.49 bits per heavy atom. The van der Waals surface area contributed by atoms with E-state index in [9.17, 15) is 32.7 Å². The van der Waals surface area contributed by atoms with E-state index >= 15 is 0 Å². The molecule has 4 amide bonds. The predicted octanol–water partition coefficient (Wildman–Crippen LogP) is 4.23. The van der Waals surface area contributed by atoms with Crippen LogP contribution in [0.3, 0.4) is 0 Å². The van der Waals surface area contributed by atoms with Gasteiger partial charge in [0.2, 0.25) is 33.6 Å². The molecule has 3 fully saturated rings. The van der Waals surface area contributed by atoms with E-state index in [-0.39, 0.29) is 31.2 Å². The fourth-order valence-electron chi connectivity index (χ4n) is 7.96. The highest BCUT2D eigenvalue weighted by Crippen LogP contribution is 2.46. The van der Waals surface area contributed by atoms with Crippen LogP contribution in [-0.2, 0) is 24.4 Å². The quantitative estimate of drug-likeness (QED) is 0.346. The number of hydrogen-bond acceptors (Lipinski definition) is 9. The highest BCUT2D eigenvalue weighted by atomic mass is 32.2. The monoisotopic (exact) mass is 753 g/mol. The number of benzene rings is 1. The zero-order chi connectivity index (χ0) is 38.5. The molecule has 3 N–H and O–H groups in total. The van der Waals surface area contributed by atoms with Gasteiger partial charge in [0.05, 0.1) is 18.9 Å². The van der Waals surface area contributed by atoms with Crippen molar-refractivity contribution in [2.24, 2.45) is 17.8 Å². The van der Waals surface area contributed by atoms with Gasteiger partial charge in [0.15, 0.2) is 0 Å². The summed E-state index contributed by atoms with van der Waals surface area (Å²) in [5, 5.41) is 14.3. The van der Waals surface area contributed by atoms with Crippen molar-refractivity contribution in [3.8, 4) is 11.8 Å². The summed E-state index contributed by atoms with van der Waals surface area (Å²) in [6, 6.07) is 6.89. The van der Waals surface area contributed by atoms with E-state index in [1.807, 2.05) is 43.3 Å². The molecule has 0 unspecified atom stereocenters. The van der Waals surface area contributed by atoms with E-state index in [1.165, 1.54) is 16.9 Å². The summed E-state index contributed by atoms with van der Waals surface area (Å²) in [7, 11) is -2.42. The average molecular weight is 754 g/mol. The third kappa shape index (κ3) is 7.95. The number of amides is 4. The molecule has 7 atom stereocenters. The van der Waals surface area contributed by atoms with E-state index in [1.54, 1.807) is 26.8 Å². The number of carboxylic acid groups (broad SMARTS) is 1. The Balaban J connectivity index is 1.40. The van der Waals surface area contributed by atoms with Gasteiger partial charge >= 0.3 is 6.09 Å². The number of carbonyl (C=O) groups is 4. The molecule has 3 heterocycles. The molecule has 14 nitrogen and oxygen atoms in total. The van der Waals surface area contributed by atoms with Crippen molar-refractivity contribution in [3.05, 3.63) is 42.5 Å². The lowest BCUT2D eigenvalue weighted by atomic mass is 9.85. The number of allylic oxidation sites excluding steroid dienone is 1. The maximum Gasteiger partial charge on any atom is 0.408 e. The number of hydrogen-bond donors (Lipinski definition) is 3. The Morgan fingerprint density at radius 1 is 1.11 bits per heavy atom. The van der Waals surface area contributed by atoms with Crippen LogP contribution >= 0.6 is 0 Å². The van der Waals surface area contributed by atoms with Gasteiger partial charge in [-0.25, -0.2) is 13.2 Å². The van der Waals surface area contributed by atoms with Crippen LogP contribution in [0.25, 0.3) is 10.8 Å². The molecule has 6 rings (SSSR count). The Hall–Kier alpha value is -4.40. The van der Waals surface area contributed by atoms with E-state index < -0.39 is 80.2 Å². The summed E-state index contributed by atoms with van der Waals surface area (Å²) < 4.78 is 39.9. The average Bonchev–Trinajstić information content (AvgIpc) is 4.01. The van der Waals surface area contributed by atoms with E-state index in [4.69, 9.17) is 9.47 Å². The molecule has 1 aromatic heterocycles. The van der Waals surface area contributed by atoms with Crippen LogP contribution in [0, 0.1) is 17.8 Å². The largest absolute Gasteiger partial charge is 0.481 e. The van der Waals surface area contributed by atoms with Gasteiger partial charge in [0, 0.05) is 29.3 Å². The molecule has 0 bridgehead atoms. The van der Waals surface area contributed by atoms with Crippen molar-refractivity contribution < 1.29 is 42.2 Å². The molecule has 2 aliphatic heterocycles. The minimum absolute atomic E-state index is 0.00343. The van der Waals surface area contributed by atoms with Crippen molar-refractivity contribution >= 4 is 44.6 Å². The van der Waals surface area contributed by atoms with Crippen LogP contribution < -0.4 is 19.5 Å². The fraction of sp³-hybridized carbons (Fsp3) is 0.605. The van der Waals surface area contributed by atoms with Gasteiger partial charge in [-0.3, -0.25) is 24.0 Å². The topological polar surface area (TPSA) is 185 Å². The molecule has 2 aromatic rings. The first kappa shape index (κ1) is 38.3. The summed E-state index contributed by atoms with van der Waals surface area (Å²) in [5.41, 5.74) is -2.51. The number of nitrogens with one attached hydrogen (secondary N) is 2. The number of fused-ring (bicyclic) bond motifs is 3. The van der Waals surface area contributed by atoms with Gasteiger partial charge < -0.3 is 24.8 Å². The number of aromatic nitrogens is 1. The number of ether oxygens (including phenoxy) is 2. The highest BCUT2D eigenvalue weighted by molar-refractivity contribution is 7.91. The number of nitrogens with zero attached hydrogens (tertiary/aromatic N) is 3. The molecule has 0 radical (unpaired) electrons. The lowest BCUT2D eigenvalue weighted by Crippen LogP contribution is -2.62. The van der Waals surface area contributed by atoms with Crippen LogP contribution in [0.4, 0.5) is 4.79 Å². The lowest BCUT2D eigenvalue weighted by Gasteiger charge is -2.43. The van der Waals surface area contributed by atoms with Gasteiger partial charge in [-0.05, 0) is 82.6 Å². The lowest BCUT2D eigenvalue weighted by molar-refractivity contribution is -0.146. The molecule has 2 aliphatic carbocycles. The van der Waals surface area contributed by atoms with Gasteiger partial charge in [-0.1, -0.05) is 44.2 Å². The van der Waals surface area contributed by atoms with Crippen molar-refractivity contribution in [1.29, 1.82) is 0 Å². The van der Waals surface area contributed by atoms with E-state index in [0.29, 0.717) is 36.9 Å². The number of carbonyl (C=O) groups excluding carboxylic acids is 3. The molecular weight excluding hydrogens is 703 g/mol. The van der Waals surface area contributed by atoms with Crippen LogP contribution in [0.5, 0.6) is 11.8 Å². The summed E-state index contributed by atoms with van der Waals surface area (Å²) in [5.74, 6) is -2.23. The fourth-order valence-corrected chi connectivity index (χ4v) is 9.33. The second kappa shape index (κ2) is 14.4. The molecule has 1 aromatic carbocycles. The second-order valence-corrected chi connectivity index (χ2v) is 18.2. The normalized spacial score (nSPS) is 30.2. The third-order valence-corrected chi connectivity index (χ3v) is 12.8. The van der Waals surface area contributed by atoms with Crippen LogP contribution in [-0.4, -0.2) is 100 Å². The van der Waals surface area contributed by atoms with E-state index in [2.05, 4.69) is 21.9 Å². The first-order valence-corrected chi connectivity index (χ1v) is 20.0. The van der Waals surface area contributed by atoms with Gasteiger partial charge in [0.25, 0.3) is 5.91 Å². The SMILES string of the molecule is COc1cc2ccccc2c(O[C@@H]2C[C@H]3C(=O)N[C@]4(C(=O)NS(=O)(=O)C5CC5)C[C@H]4/C=C\CC[C@H](C)C[C@@H](C)[C@H](N(C(=O)O)C(C)(C)C)C(=O)N3C2)n1. The Morgan fingerprint density at radius 2 is 1.83 bits per heavy atom. The van der Waals surface area contributed by atoms with Gasteiger partial charge in [-0.15, -0.1) is 0 Å². The summed E-state index contributed by atoms with van der Waals surface area (Å²) >= 11 is 0. The van der Waals surface area contributed by atoms with Crippen molar-refractivity contribution in [1.82, 2.24) is 24.8 Å². The first-order chi connectivity index (χ1) is 24.9. The molecule has 2 saturated carbocycles. The second-order valence-electron chi connectivity index (χ2n) is 16.2. The number of methoxy groups -OCH3 is 1. The molecule has 4 aliphatic rings. The van der Waals surface area contributed by atoms with E-state index in [0.717, 1.165) is 11.8 Å². The molecule has 15 heteroatoms. The molecule has 53 heavy (non-hydrogen) atoms. The third-order valence-electron chi connectivity index (χ3n) is 10.9. The number of pyridine rings is 1. The number of rotatable bonds is 7. The van der Waals surface area contributed by atoms with Crippen LogP contribution in [0.2, 0.25) is 0 Å². The van der Waals surface area contributed by atoms with Crippen molar-refractivity contribution in [3.63, 3.8) is 0 Å². The molecule has 0 spiro atoms. The minimum atomic E-state index is -3.91. The Kier molecular flexibility index (Phi) is 10.4. The Bertz CT molecular complexity index is 1910. The molecule has 1 saturated heterocycles. The molecule has 288 valence electrons. The van der Waals surface area contributed by atoms with Gasteiger partial charge in [0.1, 0.15) is 23.7 Å². The van der Waals surface area contributed by atoms with Crippen LogP contribution in [0.1, 0.15) is 79.6 Å². The maximum absolute atomic E-state index is 15.0. The summed E-state index contributed by atoms with van der Waals surface area (Å²) in [4.78, 5) is 63.3. The maximum atomic E-state index is 15.0. The smallest absolute Gasteiger partial charge is 0.408 e. The van der Waals surface area contributed by atoms with Crippen LogP contribution in [0.15, 0.2) is 42.5 Å². The van der Waals surface area contributed by atoms with Crippen molar-refractivity contribution in [2.45, 2.75) is 114 Å². The first-order valence-electron chi connectivity index (χ1n) is 18.4. The minimum Gasteiger partial charge on any atom is -0.481 e. The molecular formula is C38H51N5O9S. The highest BCUT2D eigenvalue weighted by Gasteiger charge is 2.62. The summed E-state index contributed by atoms with van der Waals surface area (Å²) in [6.07, 6.45) is 4.84. The zero-order valence-electron chi connectivity index (χ0n) is 31.2. The van der Waals surface area contributed by atoms with Crippen molar-refractivity contribution in [2.75, 3.05) is 13.7 Å². The van der Waals surface area contributed by atoms with Gasteiger partial charge in [-0.2, -0.15) is 4.98 Å².